The molecule has 0 radical (unpaired) electrons. The van der Waals surface area contributed by atoms with Crippen molar-refractivity contribution in [2.75, 3.05) is 7.11 Å². The topological polar surface area (TPSA) is 55.4 Å². The molecule has 0 fully saturated rings. The van der Waals surface area contributed by atoms with Crippen molar-refractivity contribution in [1.82, 2.24) is 5.32 Å². The van der Waals surface area contributed by atoms with Crippen LogP contribution in [0.4, 0.5) is 4.39 Å². The third-order valence-corrected chi connectivity index (χ3v) is 3.70. The van der Waals surface area contributed by atoms with E-state index in [1.807, 2.05) is 30.3 Å². The molecule has 1 atom stereocenters. The molecule has 126 valence electrons. The molecular weight excluding hydrogens is 309 g/mol. The highest BCUT2D eigenvalue weighted by molar-refractivity contribution is 5.96. The summed E-state index contributed by atoms with van der Waals surface area (Å²) in [5.74, 6) is -1.33. The normalized spacial score (nSPS) is 11.6. The highest BCUT2D eigenvalue weighted by atomic mass is 19.1. The summed E-state index contributed by atoms with van der Waals surface area (Å²) in [6, 6.07) is 14.3. The molecule has 0 saturated carbocycles. The first-order chi connectivity index (χ1) is 11.6. The van der Waals surface area contributed by atoms with Crippen molar-refractivity contribution in [3.05, 3.63) is 71.5 Å². The summed E-state index contributed by atoms with van der Waals surface area (Å²) in [6.45, 7) is 0. The first kappa shape index (κ1) is 17.7. The molecule has 0 aliphatic rings. The molecule has 5 heteroatoms. The molecule has 0 bridgehead atoms. The van der Waals surface area contributed by atoms with Gasteiger partial charge in [-0.15, -0.1) is 0 Å². The Kier molecular flexibility index (Phi) is 6.49. The number of methoxy groups -OCH3 is 1. The van der Waals surface area contributed by atoms with E-state index in [0.717, 1.165) is 12.8 Å². The fourth-order valence-corrected chi connectivity index (χ4v) is 2.39. The number of amides is 1. The fourth-order valence-electron chi connectivity index (χ4n) is 2.39. The molecule has 0 unspecified atom stereocenters. The van der Waals surface area contributed by atoms with E-state index in [1.54, 1.807) is 0 Å². The smallest absolute Gasteiger partial charge is 0.328 e. The molecule has 1 amide bonds. The van der Waals surface area contributed by atoms with Gasteiger partial charge in [0.15, 0.2) is 0 Å². The first-order valence-corrected chi connectivity index (χ1v) is 7.78. The van der Waals surface area contributed by atoms with Gasteiger partial charge >= 0.3 is 5.97 Å². The quantitative estimate of drug-likeness (QED) is 0.794. The maximum atomic E-state index is 12.9. The Labute approximate surface area is 140 Å². The van der Waals surface area contributed by atoms with Crippen molar-refractivity contribution >= 4 is 11.9 Å². The Morgan fingerprint density at radius 3 is 2.38 bits per heavy atom. The Hall–Kier alpha value is -2.69. The molecule has 24 heavy (non-hydrogen) atoms. The second-order valence-electron chi connectivity index (χ2n) is 5.43. The van der Waals surface area contributed by atoms with Crippen LogP contribution >= 0.6 is 0 Å². The zero-order valence-corrected chi connectivity index (χ0v) is 13.5. The number of hydrogen-bond acceptors (Lipinski definition) is 3. The predicted molar refractivity (Wildman–Crippen MR) is 89.1 cm³/mol. The predicted octanol–water partition coefficient (Wildman–Crippen LogP) is 3.12. The Morgan fingerprint density at radius 1 is 1.08 bits per heavy atom. The molecule has 0 aliphatic carbocycles. The van der Waals surface area contributed by atoms with Gasteiger partial charge in [-0.25, -0.2) is 9.18 Å². The molecule has 2 aromatic rings. The summed E-state index contributed by atoms with van der Waals surface area (Å²) < 4.78 is 17.7. The van der Waals surface area contributed by atoms with E-state index >= 15 is 0 Å². The third kappa shape index (κ3) is 5.19. The lowest BCUT2D eigenvalue weighted by atomic mass is 10.0. The van der Waals surface area contributed by atoms with Gasteiger partial charge in [0.25, 0.3) is 5.91 Å². The van der Waals surface area contributed by atoms with Crippen LogP contribution < -0.4 is 5.32 Å². The minimum absolute atomic E-state index is 0.299. The van der Waals surface area contributed by atoms with Crippen LogP contribution in [-0.4, -0.2) is 25.0 Å². The second kappa shape index (κ2) is 8.82. The van der Waals surface area contributed by atoms with Gasteiger partial charge in [0.2, 0.25) is 0 Å². The first-order valence-electron chi connectivity index (χ1n) is 7.78. The summed E-state index contributed by atoms with van der Waals surface area (Å²) in [4.78, 5) is 24.1. The lowest BCUT2D eigenvalue weighted by Crippen LogP contribution is -2.41. The maximum Gasteiger partial charge on any atom is 0.328 e. The Bertz CT molecular complexity index is 671. The number of carbonyl (C=O) groups excluding carboxylic acids is 2. The Morgan fingerprint density at radius 2 is 1.75 bits per heavy atom. The van der Waals surface area contributed by atoms with Gasteiger partial charge in [-0.05, 0) is 49.1 Å². The van der Waals surface area contributed by atoms with Crippen molar-refractivity contribution in [1.29, 1.82) is 0 Å². The number of hydrogen-bond donors (Lipinski definition) is 1. The molecule has 0 aliphatic heterocycles. The van der Waals surface area contributed by atoms with Crippen molar-refractivity contribution in [3.8, 4) is 0 Å². The second-order valence-corrected chi connectivity index (χ2v) is 5.43. The molecule has 0 heterocycles. The number of halogens is 1. The minimum Gasteiger partial charge on any atom is -0.467 e. The third-order valence-electron chi connectivity index (χ3n) is 3.70. The lowest BCUT2D eigenvalue weighted by molar-refractivity contribution is -0.143. The highest BCUT2D eigenvalue weighted by Crippen LogP contribution is 2.09. The fraction of sp³-hybridized carbons (Fsp3) is 0.263. The highest BCUT2D eigenvalue weighted by Gasteiger charge is 2.21. The largest absolute Gasteiger partial charge is 0.467 e. The van der Waals surface area contributed by atoms with E-state index in [2.05, 4.69) is 5.32 Å². The van der Waals surface area contributed by atoms with Crippen molar-refractivity contribution in [2.24, 2.45) is 0 Å². The summed E-state index contributed by atoms with van der Waals surface area (Å²) >= 11 is 0. The lowest BCUT2D eigenvalue weighted by Gasteiger charge is -2.16. The van der Waals surface area contributed by atoms with Gasteiger partial charge in [0, 0.05) is 5.56 Å². The summed E-state index contributed by atoms with van der Waals surface area (Å²) in [6.07, 6.45) is 2.00. The number of esters is 1. The molecular formula is C19H20FNO3. The average molecular weight is 329 g/mol. The molecule has 0 saturated heterocycles. The van der Waals surface area contributed by atoms with Crippen LogP contribution in [0.2, 0.25) is 0 Å². The number of ether oxygens (including phenoxy) is 1. The number of aryl methyl sites for hydroxylation is 1. The molecule has 1 N–H and O–H groups in total. The van der Waals surface area contributed by atoms with Crippen LogP contribution in [-0.2, 0) is 16.0 Å². The van der Waals surface area contributed by atoms with Crippen molar-refractivity contribution in [2.45, 2.75) is 25.3 Å². The summed E-state index contributed by atoms with van der Waals surface area (Å²) in [5.41, 5.74) is 1.47. The van der Waals surface area contributed by atoms with E-state index in [9.17, 15) is 14.0 Å². The molecule has 2 rings (SSSR count). The number of carbonyl (C=O) groups is 2. The van der Waals surface area contributed by atoms with Crippen LogP contribution in [0.5, 0.6) is 0 Å². The molecule has 0 spiro atoms. The zero-order valence-electron chi connectivity index (χ0n) is 13.5. The van der Waals surface area contributed by atoms with E-state index in [-0.39, 0.29) is 0 Å². The van der Waals surface area contributed by atoms with Gasteiger partial charge < -0.3 is 10.1 Å². The van der Waals surface area contributed by atoms with E-state index in [4.69, 9.17) is 4.74 Å². The van der Waals surface area contributed by atoms with Gasteiger partial charge in [-0.1, -0.05) is 30.3 Å². The summed E-state index contributed by atoms with van der Waals surface area (Å²) in [5, 5.41) is 2.65. The van der Waals surface area contributed by atoms with Gasteiger partial charge in [-0.3, -0.25) is 4.79 Å². The standard InChI is InChI=1S/C19H20FNO3/c1-24-19(23)17(9-5-8-14-6-3-2-4-7-14)21-18(22)15-10-12-16(20)13-11-15/h2-4,6-7,10-13,17H,5,8-9H2,1H3,(H,21,22)/t17-/m0/s1. The van der Waals surface area contributed by atoms with Crippen LogP contribution in [0.25, 0.3) is 0 Å². The molecule has 4 nitrogen and oxygen atoms in total. The monoisotopic (exact) mass is 329 g/mol. The number of nitrogens with one attached hydrogen (secondary N) is 1. The zero-order chi connectivity index (χ0) is 17.4. The van der Waals surface area contributed by atoms with Gasteiger partial charge in [-0.2, -0.15) is 0 Å². The van der Waals surface area contributed by atoms with E-state index in [0.29, 0.717) is 12.0 Å². The van der Waals surface area contributed by atoms with Crippen LogP contribution in [0.3, 0.4) is 0 Å². The molecule has 0 aromatic heterocycles. The van der Waals surface area contributed by atoms with Crippen LogP contribution in [0.15, 0.2) is 54.6 Å². The van der Waals surface area contributed by atoms with Gasteiger partial charge in [0.1, 0.15) is 11.9 Å². The molecule has 2 aromatic carbocycles. The van der Waals surface area contributed by atoms with E-state index in [1.165, 1.54) is 36.9 Å². The van der Waals surface area contributed by atoms with Crippen LogP contribution in [0, 0.1) is 5.82 Å². The average Bonchev–Trinajstić information content (AvgIpc) is 2.61. The SMILES string of the molecule is COC(=O)[C@H](CCCc1ccccc1)NC(=O)c1ccc(F)cc1. The summed E-state index contributed by atoms with van der Waals surface area (Å²) in [7, 11) is 1.29. The van der Waals surface area contributed by atoms with Crippen molar-refractivity contribution in [3.63, 3.8) is 0 Å². The minimum atomic E-state index is -0.726. The maximum absolute atomic E-state index is 12.9. The number of benzene rings is 2. The number of rotatable bonds is 7. The van der Waals surface area contributed by atoms with E-state index < -0.39 is 23.7 Å². The van der Waals surface area contributed by atoms with Crippen molar-refractivity contribution < 1.29 is 18.7 Å². The Balaban J connectivity index is 1.93. The van der Waals surface area contributed by atoms with Gasteiger partial charge in [0.05, 0.1) is 7.11 Å². The van der Waals surface area contributed by atoms with Crippen LogP contribution in [0.1, 0.15) is 28.8 Å².